The van der Waals surface area contributed by atoms with E-state index in [1.807, 2.05) is 24.3 Å². The fraction of sp³-hybridized carbons (Fsp3) is 0.100. The van der Waals surface area contributed by atoms with E-state index in [1.165, 1.54) is 6.20 Å². The van der Waals surface area contributed by atoms with E-state index < -0.39 is 10.0 Å². The normalized spacial score (nSPS) is 11.1. The third-order valence-electron chi connectivity index (χ3n) is 3.92. The van der Waals surface area contributed by atoms with Gasteiger partial charge in [-0.15, -0.1) is 0 Å². The first kappa shape index (κ1) is 18.8. The number of carbonyl (C=O) groups excluding carboxylic acids is 1. The molecule has 0 bridgehead atoms. The molecule has 0 saturated carbocycles. The maximum absolute atomic E-state index is 12.2. The Bertz CT molecular complexity index is 990. The lowest BCUT2D eigenvalue weighted by molar-refractivity contribution is 0.0950. The number of hydrogen-bond donors (Lipinski definition) is 2. The van der Waals surface area contributed by atoms with E-state index in [2.05, 4.69) is 15.0 Å². The van der Waals surface area contributed by atoms with Crippen LogP contribution in [0.3, 0.4) is 0 Å². The summed E-state index contributed by atoms with van der Waals surface area (Å²) in [6.45, 7) is 0.573. The Balaban J connectivity index is 1.54. The summed E-state index contributed by atoms with van der Waals surface area (Å²) in [6, 6.07) is 19.0. The summed E-state index contributed by atoms with van der Waals surface area (Å²) >= 11 is 0. The molecule has 1 amide bonds. The highest BCUT2D eigenvalue weighted by Gasteiger charge is 2.12. The van der Waals surface area contributed by atoms with Crippen LogP contribution in [0.1, 0.15) is 21.5 Å². The second-order valence-corrected chi connectivity index (χ2v) is 7.65. The van der Waals surface area contributed by atoms with Gasteiger partial charge in [-0.2, -0.15) is 0 Å². The highest BCUT2D eigenvalue weighted by molar-refractivity contribution is 7.89. The van der Waals surface area contributed by atoms with E-state index in [-0.39, 0.29) is 17.3 Å². The average molecular weight is 381 g/mol. The van der Waals surface area contributed by atoms with Crippen LogP contribution in [0.15, 0.2) is 84.0 Å². The summed E-state index contributed by atoms with van der Waals surface area (Å²) in [6.07, 6.45) is 3.12. The standard InChI is InChI=1S/C20H19N3O3S/c24-20(18-5-4-12-21-15-18)22-13-16-8-10-17(11-9-16)14-23-27(25,26)19-6-2-1-3-7-19/h1-12,15,23H,13-14H2,(H,22,24). The molecule has 7 heteroatoms. The number of benzene rings is 2. The molecule has 3 aromatic rings. The zero-order valence-electron chi connectivity index (χ0n) is 14.5. The molecule has 27 heavy (non-hydrogen) atoms. The minimum Gasteiger partial charge on any atom is -0.348 e. The van der Waals surface area contributed by atoms with Crippen molar-refractivity contribution in [1.82, 2.24) is 15.0 Å². The van der Waals surface area contributed by atoms with Gasteiger partial charge in [0.15, 0.2) is 0 Å². The van der Waals surface area contributed by atoms with E-state index >= 15 is 0 Å². The molecule has 0 aliphatic rings. The zero-order valence-corrected chi connectivity index (χ0v) is 15.3. The molecular weight excluding hydrogens is 362 g/mol. The Labute approximate surface area is 158 Å². The van der Waals surface area contributed by atoms with Crippen LogP contribution in [0.25, 0.3) is 0 Å². The lowest BCUT2D eigenvalue weighted by atomic mass is 10.1. The molecule has 3 rings (SSSR count). The van der Waals surface area contributed by atoms with Gasteiger partial charge in [-0.25, -0.2) is 13.1 Å². The van der Waals surface area contributed by atoms with Crippen molar-refractivity contribution in [2.45, 2.75) is 18.0 Å². The minimum absolute atomic E-state index is 0.192. The predicted molar refractivity (Wildman–Crippen MR) is 102 cm³/mol. The molecule has 0 fully saturated rings. The van der Waals surface area contributed by atoms with E-state index in [1.54, 1.807) is 48.7 Å². The fourth-order valence-corrected chi connectivity index (χ4v) is 3.46. The van der Waals surface area contributed by atoms with Crippen molar-refractivity contribution in [3.8, 4) is 0 Å². The summed E-state index contributed by atoms with van der Waals surface area (Å²) in [5, 5.41) is 2.82. The molecule has 0 aliphatic heterocycles. The molecule has 0 spiro atoms. The van der Waals surface area contributed by atoms with Gasteiger partial charge in [-0.1, -0.05) is 42.5 Å². The van der Waals surface area contributed by atoms with E-state index in [0.717, 1.165) is 11.1 Å². The van der Waals surface area contributed by atoms with Gasteiger partial charge in [0.25, 0.3) is 5.91 Å². The van der Waals surface area contributed by atoms with Gasteiger partial charge in [-0.05, 0) is 35.4 Å². The molecule has 6 nitrogen and oxygen atoms in total. The second kappa shape index (κ2) is 8.57. The van der Waals surface area contributed by atoms with Crippen molar-refractivity contribution in [2.75, 3.05) is 0 Å². The number of carbonyl (C=O) groups is 1. The SMILES string of the molecule is O=C(NCc1ccc(CNS(=O)(=O)c2ccccc2)cc1)c1cccnc1. The molecule has 0 unspecified atom stereocenters. The van der Waals surface area contributed by atoms with Crippen LogP contribution in [-0.4, -0.2) is 19.3 Å². The molecule has 138 valence electrons. The van der Waals surface area contributed by atoms with Gasteiger partial charge in [0.1, 0.15) is 0 Å². The van der Waals surface area contributed by atoms with Crippen LogP contribution < -0.4 is 10.0 Å². The minimum atomic E-state index is -3.53. The Morgan fingerprint density at radius 1 is 0.852 bits per heavy atom. The predicted octanol–water partition coefficient (Wildman–Crippen LogP) is 2.49. The summed E-state index contributed by atoms with van der Waals surface area (Å²) in [5.41, 5.74) is 2.25. The number of aromatic nitrogens is 1. The van der Waals surface area contributed by atoms with Crippen LogP contribution in [0, 0.1) is 0 Å². The van der Waals surface area contributed by atoms with Gasteiger partial charge in [0.2, 0.25) is 10.0 Å². The Hall–Kier alpha value is -3.03. The van der Waals surface area contributed by atoms with E-state index in [0.29, 0.717) is 12.1 Å². The molecule has 2 aromatic carbocycles. The highest BCUT2D eigenvalue weighted by Crippen LogP contribution is 2.10. The van der Waals surface area contributed by atoms with Crippen molar-refractivity contribution < 1.29 is 13.2 Å². The molecule has 0 aliphatic carbocycles. The molecule has 0 saturated heterocycles. The third-order valence-corrected chi connectivity index (χ3v) is 5.34. The maximum atomic E-state index is 12.2. The number of hydrogen-bond acceptors (Lipinski definition) is 4. The fourth-order valence-electron chi connectivity index (χ4n) is 2.42. The quantitative estimate of drug-likeness (QED) is 0.658. The van der Waals surface area contributed by atoms with Gasteiger partial charge in [0, 0.05) is 25.5 Å². The maximum Gasteiger partial charge on any atom is 0.253 e. The monoisotopic (exact) mass is 381 g/mol. The lowest BCUT2D eigenvalue weighted by Gasteiger charge is -2.08. The molecule has 1 aromatic heterocycles. The summed E-state index contributed by atoms with van der Waals surface area (Å²) in [4.78, 5) is 16.2. The summed E-state index contributed by atoms with van der Waals surface area (Å²) < 4.78 is 27.0. The molecule has 0 radical (unpaired) electrons. The highest BCUT2D eigenvalue weighted by atomic mass is 32.2. The van der Waals surface area contributed by atoms with Crippen molar-refractivity contribution >= 4 is 15.9 Å². The van der Waals surface area contributed by atoms with E-state index in [4.69, 9.17) is 0 Å². The first-order valence-electron chi connectivity index (χ1n) is 8.35. The van der Waals surface area contributed by atoms with Crippen LogP contribution in [0.4, 0.5) is 0 Å². The first-order valence-corrected chi connectivity index (χ1v) is 9.84. The molecular formula is C20H19N3O3S. The van der Waals surface area contributed by atoms with Crippen molar-refractivity contribution in [3.05, 3.63) is 95.8 Å². The first-order chi connectivity index (χ1) is 13.0. The third kappa shape index (κ3) is 5.22. The van der Waals surface area contributed by atoms with E-state index in [9.17, 15) is 13.2 Å². The topological polar surface area (TPSA) is 88.2 Å². The lowest BCUT2D eigenvalue weighted by Crippen LogP contribution is -2.23. The van der Waals surface area contributed by atoms with Gasteiger partial charge in [0.05, 0.1) is 10.5 Å². The van der Waals surface area contributed by atoms with Crippen LogP contribution in [0.5, 0.6) is 0 Å². The number of nitrogens with one attached hydrogen (secondary N) is 2. The molecule has 2 N–H and O–H groups in total. The molecule has 0 atom stereocenters. The Morgan fingerprint density at radius 2 is 1.52 bits per heavy atom. The zero-order chi connectivity index (χ0) is 19.1. The second-order valence-electron chi connectivity index (χ2n) is 5.88. The summed E-state index contributed by atoms with van der Waals surface area (Å²) in [5.74, 6) is -0.192. The number of amides is 1. The van der Waals surface area contributed by atoms with Gasteiger partial charge in [-0.3, -0.25) is 9.78 Å². The van der Waals surface area contributed by atoms with Crippen molar-refractivity contribution in [1.29, 1.82) is 0 Å². The van der Waals surface area contributed by atoms with Crippen LogP contribution in [0.2, 0.25) is 0 Å². The van der Waals surface area contributed by atoms with Crippen LogP contribution in [-0.2, 0) is 23.1 Å². The number of sulfonamides is 1. The Morgan fingerprint density at radius 3 is 2.15 bits per heavy atom. The number of pyridine rings is 1. The average Bonchev–Trinajstić information content (AvgIpc) is 2.72. The van der Waals surface area contributed by atoms with Crippen molar-refractivity contribution in [2.24, 2.45) is 0 Å². The number of nitrogens with zero attached hydrogens (tertiary/aromatic N) is 1. The van der Waals surface area contributed by atoms with Gasteiger partial charge < -0.3 is 5.32 Å². The van der Waals surface area contributed by atoms with Gasteiger partial charge >= 0.3 is 0 Å². The smallest absolute Gasteiger partial charge is 0.253 e. The number of rotatable bonds is 7. The summed E-state index contributed by atoms with van der Waals surface area (Å²) in [7, 11) is -3.53. The molecule has 1 heterocycles. The largest absolute Gasteiger partial charge is 0.348 e. The van der Waals surface area contributed by atoms with Crippen molar-refractivity contribution in [3.63, 3.8) is 0 Å². The van der Waals surface area contributed by atoms with Crippen LogP contribution >= 0.6 is 0 Å². The Kier molecular flexibility index (Phi) is 5.95.